The summed E-state index contributed by atoms with van der Waals surface area (Å²) < 4.78 is 6.10. The van der Waals surface area contributed by atoms with E-state index in [9.17, 15) is 14.7 Å². The molecule has 1 aromatic carbocycles. The number of amidine groups is 1. The highest BCUT2D eigenvalue weighted by Gasteiger charge is 2.41. The van der Waals surface area contributed by atoms with E-state index in [0.717, 1.165) is 16.8 Å². The zero-order valence-electron chi connectivity index (χ0n) is 12.8. The molecule has 0 saturated carbocycles. The molecule has 2 aromatic rings. The van der Waals surface area contributed by atoms with Gasteiger partial charge in [0, 0.05) is 26.0 Å². The minimum absolute atomic E-state index is 0.130. The van der Waals surface area contributed by atoms with Gasteiger partial charge in [0.1, 0.15) is 0 Å². The normalized spacial score (nSPS) is 16.8. The average Bonchev–Trinajstić information content (AvgIpc) is 3.11. The van der Waals surface area contributed by atoms with Crippen molar-refractivity contribution in [3.8, 4) is 11.6 Å². The van der Waals surface area contributed by atoms with Gasteiger partial charge in [0.25, 0.3) is 5.69 Å². The molecule has 1 aliphatic heterocycles. The van der Waals surface area contributed by atoms with Crippen molar-refractivity contribution in [3.63, 3.8) is 0 Å². The second-order valence-corrected chi connectivity index (χ2v) is 5.98. The highest BCUT2D eigenvalue weighted by molar-refractivity contribution is 8.14. The van der Waals surface area contributed by atoms with Gasteiger partial charge in [-0.25, -0.2) is 5.01 Å². The number of para-hydroxylation sites is 1. The van der Waals surface area contributed by atoms with Gasteiger partial charge in [-0.3, -0.25) is 9.59 Å². The number of thioether (sulfide) groups is 1. The standard InChI is InChI=1S/C14H13N5O4S/c1-8(20)15-14-16-18(9(2)21)12(24-14)11-13(22)23-17-19(11)10-6-4-3-5-7-10/h3-7,12H,1-2H3,(H-,15,16,17,20,22). The maximum atomic E-state index is 12.2. The molecule has 1 aromatic heterocycles. The van der Waals surface area contributed by atoms with Crippen molar-refractivity contribution in [3.05, 3.63) is 36.0 Å². The Morgan fingerprint density at radius 1 is 1.33 bits per heavy atom. The molecule has 124 valence electrons. The molecular formula is C14H13N5O4S. The number of aromatic nitrogens is 2. The van der Waals surface area contributed by atoms with Gasteiger partial charge in [-0.05, 0) is 16.4 Å². The first kappa shape index (κ1) is 16.0. The van der Waals surface area contributed by atoms with Gasteiger partial charge in [-0.15, -0.1) is 5.10 Å². The monoisotopic (exact) mass is 347 g/mol. The summed E-state index contributed by atoms with van der Waals surface area (Å²) in [7, 11) is 0. The van der Waals surface area contributed by atoms with Gasteiger partial charge in [0.05, 0.1) is 5.27 Å². The van der Waals surface area contributed by atoms with Gasteiger partial charge in [-0.2, -0.15) is 0 Å². The fourth-order valence-electron chi connectivity index (χ4n) is 2.16. The molecule has 0 fully saturated rings. The van der Waals surface area contributed by atoms with Gasteiger partial charge in [-0.1, -0.05) is 18.2 Å². The van der Waals surface area contributed by atoms with Crippen molar-refractivity contribution >= 4 is 28.7 Å². The van der Waals surface area contributed by atoms with Gasteiger partial charge >= 0.3 is 0 Å². The van der Waals surface area contributed by atoms with Crippen LogP contribution in [0.5, 0.6) is 5.95 Å². The Labute approximate surface area is 140 Å². The highest BCUT2D eigenvalue weighted by Crippen LogP contribution is 2.40. The Balaban J connectivity index is 2.01. The molecule has 0 bridgehead atoms. The van der Waals surface area contributed by atoms with E-state index in [2.05, 4.69) is 15.7 Å². The average molecular weight is 347 g/mol. The summed E-state index contributed by atoms with van der Waals surface area (Å²) in [5.74, 6) is -1.39. The zero-order chi connectivity index (χ0) is 17.3. The van der Waals surface area contributed by atoms with Crippen LogP contribution in [0.4, 0.5) is 0 Å². The van der Waals surface area contributed by atoms with E-state index in [4.69, 9.17) is 4.52 Å². The van der Waals surface area contributed by atoms with Crippen molar-refractivity contribution in [1.29, 1.82) is 0 Å². The van der Waals surface area contributed by atoms with Gasteiger partial charge < -0.3 is 14.9 Å². The van der Waals surface area contributed by atoms with E-state index in [1.165, 1.54) is 18.5 Å². The number of hydrogen-bond donors (Lipinski definition) is 1. The third kappa shape index (κ3) is 2.95. The summed E-state index contributed by atoms with van der Waals surface area (Å²) in [5.41, 5.74) is 0.737. The van der Waals surface area contributed by atoms with Crippen LogP contribution in [0.3, 0.4) is 0 Å². The van der Waals surface area contributed by atoms with Gasteiger partial charge in [0.2, 0.25) is 17.5 Å². The smallest absolute Gasteiger partial charge is 0.275 e. The van der Waals surface area contributed by atoms with Crippen molar-refractivity contribution in [2.45, 2.75) is 19.2 Å². The predicted molar refractivity (Wildman–Crippen MR) is 81.6 cm³/mol. The first-order chi connectivity index (χ1) is 11.5. The third-order valence-electron chi connectivity index (χ3n) is 3.13. The molecule has 0 spiro atoms. The van der Waals surface area contributed by atoms with Crippen LogP contribution >= 0.6 is 11.8 Å². The molecule has 1 aliphatic rings. The van der Waals surface area contributed by atoms with Crippen LogP contribution in [0.25, 0.3) is 5.69 Å². The lowest BCUT2D eigenvalue weighted by Crippen LogP contribution is -2.40. The Morgan fingerprint density at radius 3 is 2.67 bits per heavy atom. The molecule has 9 nitrogen and oxygen atoms in total. The third-order valence-corrected chi connectivity index (χ3v) is 4.18. The summed E-state index contributed by atoms with van der Waals surface area (Å²) in [5, 5.41) is 23.0. The second kappa shape index (κ2) is 6.32. The molecule has 1 N–H and O–H groups in total. The topological polar surface area (TPSA) is 115 Å². The first-order valence-electron chi connectivity index (χ1n) is 6.94. The molecule has 2 heterocycles. The molecule has 2 amide bonds. The summed E-state index contributed by atoms with van der Waals surface area (Å²) in [6, 6.07) is 8.90. The largest absolute Gasteiger partial charge is 0.539 e. The molecule has 1 unspecified atom stereocenters. The van der Waals surface area contributed by atoms with E-state index in [-0.39, 0.29) is 22.7 Å². The lowest BCUT2D eigenvalue weighted by molar-refractivity contribution is -0.678. The molecule has 0 radical (unpaired) electrons. The number of hydrogen-bond acceptors (Lipinski definition) is 7. The van der Waals surface area contributed by atoms with E-state index >= 15 is 0 Å². The number of nitrogens with zero attached hydrogens (tertiary/aromatic N) is 4. The second-order valence-electron chi connectivity index (χ2n) is 4.91. The number of carbonyl (C=O) groups excluding carboxylic acids is 2. The Kier molecular flexibility index (Phi) is 4.21. The van der Waals surface area contributed by atoms with E-state index < -0.39 is 11.3 Å². The SMILES string of the molecule is CC(=O)NC1=NN(C(C)=O)C(c2c([O-])on[n+]2-c2ccccc2)S1. The van der Waals surface area contributed by atoms with Crippen molar-refractivity contribution in [1.82, 2.24) is 15.6 Å². The maximum Gasteiger partial charge on any atom is 0.275 e. The number of amides is 2. The lowest BCUT2D eigenvalue weighted by Gasteiger charge is -2.15. The predicted octanol–water partition coefficient (Wildman–Crippen LogP) is 0.0259. The highest BCUT2D eigenvalue weighted by atomic mass is 32.2. The molecule has 0 aliphatic carbocycles. The Bertz CT molecular complexity index is 820. The maximum absolute atomic E-state index is 12.2. The molecular weight excluding hydrogens is 334 g/mol. The van der Waals surface area contributed by atoms with Crippen LogP contribution in [0.1, 0.15) is 24.9 Å². The number of rotatable bonds is 2. The van der Waals surface area contributed by atoms with Crippen molar-refractivity contribution < 1.29 is 23.9 Å². The Hall–Kier alpha value is -2.88. The van der Waals surface area contributed by atoms with E-state index in [1.54, 1.807) is 24.3 Å². The van der Waals surface area contributed by atoms with E-state index in [1.807, 2.05) is 6.07 Å². The molecule has 1 atom stereocenters. The number of benzene rings is 1. The van der Waals surface area contributed by atoms with Gasteiger partial charge in [0.15, 0.2) is 16.5 Å². The van der Waals surface area contributed by atoms with Crippen LogP contribution in [0.2, 0.25) is 0 Å². The van der Waals surface area contributed by atoms with E-state index in [0.29, 0.717) is 5.69 Å². The number of hydrazone groups is 1. The zero-order valence-corrected chi connectivity index (χ0v) is 13.6. The fourth-order valence-corrected chi connectivity index (χ4v) is 3.31. The quantitative estimate of drug-likeness (QED) is 0.766. The van der Waals surface area contributed by atoms with Crippen LogP contribution < -0.4 is 15.1 Å². The summed E-state index contributed by atoms with van der Waals surface area (Å²) in [6.07, 6.45) is 0. The molecule has 3 rings (SSSR count). The Morgan fingerprint density at radius 2 is 2.04 bits per heavy atom. The molecule has 0 saturated heterocycles. The molecule has 10 heteroatoms. The summed E-state index contributed by atoms with van der Waals surface area (Å²) in [4.78, 5) is 23.1. The van der Waals surface area contributed by atoms with Crippen molar-refractivity contribution in [2.24, 2.45) is 5.10 Å². The summed E-state index contributed by atoms with van der Waals surface area (Å²) in [6.45, 7) is 2.65. The van der Waals surface area contributed by atoms with Crippen LogP contribution in [0.15, 0.2) is 40.0 Å². The van der Waals surface area contributed by atoms with Crippen LogP contribution in [-0.2, 0) is 9.59 Å². The van der Waals surface area contributed by atoms with Crippen molar-refractivity contribution in [2.75, 3.05) is 0 Å². The lowest BCUT2D eigenvalue weighted by atomic mass is 10.3. The number of carbonyl (C=O) groups is 2. The minimum atomic E-state index is -0.789. The first-order valence-corrected chi connectivity index (χ1v) is 7.82. The van der Waals surface area contributed by atoms with Crippen LogP contribution in [0, 0.1) is 0 Å². The number of nitrogens with one attached hydrogen (secondary N) is 1. The minimum Gasteiger partial charge on any atom is -0.539 e. The molecule has 24 heavy (non-hydrogen) atoms. The summed E-state index contributed by atoms with van der Waals surface area (Å²) >= 11 is 1.06. The fraction of sp³-hybridized carbons (Fsp3) is 0.214. The van der Waals surface area contributed by atoms with Crippen LogP contribution in [-0.4, -0.2) is 27.3 Å².